The first-order valence-corrected chi connectivity index (χ1v) is 10.2. The number of pyridine rings is 1. The second-order valence-electron chi connectivity index (χ2n) is 8.76. The zero-order chi connectivity index (χ0) is 18.7. The van der Waals surface area contributed by atoms with Crippen molar-refractivity contribution in [2.75, 3.05) is 6.61 Å². The minimum Gasteiger partial charge on any atom is -0.492 e. The molecule has 144 valence electrons. The normalized spacial score (nSPS) is 28.9. The average molecular weight is 360 g/mol. The van der Waals surface area contributed by atoms with Crippen molar-refractivity contribution in [1.82, 2.24) is 4.98 Å². The second kappa shape index (κ2) is 8.08. The Labute approximate surface area is 157 Å². The number of Topliss-reactive ketones (excluding diaryl/α,β-unsaturated/α-hetero) is 1. The molecule has 4 nitrogen and oxygen atoms in total. The number of ketones is 1. The van der Waals surface area contributed by atoms with E-state index in [0.717, 1.165) is 55.5 Å². The highest BCUT2D eigenvalue weighted by atomic mass is 16.5. The first kappa shape index (κ1) is 19.3. The lowest BCUT2D eigenvalue weighted by Gasteiger charge is -2.47. The van der Waals surface area contributed by atoms with Gasteiger partial charge in [0.1, 0.15) is 11.5 Å². The molecule has 3 rings (SSSR count). The zero-order valence-electron chi connectivity index (χ0n) is 16.5. The van der Waals surface area contributed by atoms with Gasteiger partial charge in [0, 0.05) is 18.5 Å². The summed E-state index contributed by atoms with van der Waals surface area (Å²) >= 11 is 0. The molecule has 2 aliphatic carbocycles. The molecule has 0 aromatic carbocycles. The summed E-state index contributed by atoms with van der Waals surface area (Å²) in [5, 5.41) is 10.3. The summed E-state index contributed by atoms with van der Waals surface area (Å²) in [4.78, 5) is 17.0. The molecule has 1 unspecified atom stereocenters. The van der Waals surface area contributed by atoms with Gasteiger partial charge in [0.05, 0.1) is 18.4 Å². The molecular weight excluding hydrogens is 326 g/mol. The van der Waals surface area contributed by atoms with Crippen molar-refractivity contribution >= 4 is 5.78 Å². The van der Waals surface area contributed by atoms with Crippen LogP contribution < -0.4 is 4.74 Å². The van der Waals surface area contributed by atoms with Crippen LogP contribution in [0.4, 0.5) is 0 Å². The number of ether oxygens (including phenoxy) is 1. The van der Waals surface area contributed by atoms with Gasteiger partial charge in [0.15, 0.2) is 0 Å². The van der Waals surface area contributed by atoms with E-state index in [1.165, 1.54) is 0 Å². The summed E-state index contributed by atoms with van der Waals surface area (Å²) in [5.74, 6) is 2.54. The lowest BCUT2D eigenvalue weighted by molar-refractivity contribution is -0.125. The number of hydrogen-bond donors (Lipinski definition) is 1. The SMILES string of the molecule is CC[C@]1(O)C[C@H](C2CC(=O)CCc3cc(OCCC(C)C)cnc3C2)C1. The molecule has 2 aliphatic rings. The Bertz CT molecular complexity index is 634. The zero-order valence-corrected chi connectivity index (χ0v) is 16.5. The van der Waals surface area contributed by atoms with E-state index < -0.39 is 5.60 Å². The van der Waals surface area contributed by atoms with Crippen molar-refractivity contribution in [2.24, 2.45) is 17.8 Å². The number of nitrogens with zero attached hydrogens (tertiary/aromatic N) is 1. The van der Waals surface area contributed by atoms with Gasteiger partial charge in [-0.1, -0.05) is 20.8 Å². The third-order valence-electron chi connectivity index (χ3n) is 6.23. The minimum absolute atomic E-state index is 0.314. The van der Waals surface area contributed by atoms with E-state index in [2.05, 4.69) is 19.9 Å². The summed E-state index contributed by atoms with van der Waals surface area (Å²) in [7, 11) is 0. The van der Waals surface area contributed by atoms with E-state index in [1.54, 1.807) is 0 Å². The monoisotopic (exact) mass is 359 g/mol. The molecule has 1 atom stereocenters. The molecule has 0 saturated heterocycles. The molecule has 0 aliphatic heterocycles. The fourth-order valence-corrected chi connectivity index (χ4v) is 4.27. The predicted octanol–water partition coefficient (Wildman–Crippen LogP) is 4.12. The number of carbonyl (C=O) groups excluding carboxylic acids is 1. The van der Waals surface area contributed by atoms with Gasteiger partial charge in [-0.2, -0.15) is 0 Å². The van der Waals surface area contributed by atoms with Crippen LogP contribution in [0.3, 0.4) is 0 Å². The Kier molecular flexibility index (Phi) is 6.01. The van der Waals surface area contributed by atoms with E-state index in [9.17, 15) is 9.90 Å². The standard InChI is InChI=1S/C22H33NO3/c1-4-22(25)12-18(13-22)17-9-19(24)6-5-16-10-20(14-23-21(16)11-17)26-8-7-15(2)3/h10,14-15,17-18,25H,4-9,11-13H2,1-3H3/t17?,18-,22-. The van der Waals surface area contributed by atoms with Crippen molar-refractivity contribution in [3.05, 3.63) is 23.5 Å². The Balaban J connectivity index is 1.69. The molecule has 0 spiro atoms. The molecule has 4 heteroatoms. The third-order valence-corrected chi connectivity index (χ3v) is 6.23. The smallest absolute Gasteiger partial charge is 0.137 e. The van der Waals surface area contributed by atoms with Crippen LogP contribution in [0.1, 0.15) is 70.6 Å². The van der Waals surface area contributed by atoms with Crippen LogP contribution in [0.5, 0.6) is 5.75 Å². The van der Waals surface area contributed by atoms with E-state index in [1.807, 2.05) is 13.1 Å². The highest BCUT2D eigenvalue weighted by Gasteiger charge is 2.45. The lowest BCUT2D eigenvalue weighted by Crippen LogP contribution is -2.47. The largest absolute Gasteiger partial charge is 0.492 e. The van der Waals surface area contributed by atoms with Crippen LogP contribution in [0.2, 0.25) is 0 Å². The van der Waals surface area contributed by atoms with E-state index in [-0.39, 0.29) is 0 Å². The molecule has 1 N–H and O–H groups in total. The fourth-order valence-electron chi connectivity index (χ4n) is 4.27. The molecular formula is C22H33NO3. The number of rotatable bonds is 6. The Morgan fingerprint density at radius 3 is 2.73 bits per heavy atom. The second-order valence-corrected chi connectivity index (χ2v) is 8.76. The number of aryl methyl sites for hydroxylation is 1. The fraction of sp³-hybridized carbons (Fsp3) is 0.727. The van der Waals surface area contributed by atoms with Crippen molar-refractivity contribution in [3.63, 3.8) is 0 Å². The van der Waals surface area contributed by atoms with Gasteiger partial charge in [-0.15, -0.1) is 0 Å². The summed E-state index contributed by atoms with van der Waals surface area (Å²) < 4.78 is 5.85. The highest BCUT2D eigenvalue weighted by molar-refractivity contribution is 5.79. The van der Waals surface area contributed by atoms with Gasteiger partial charge >= 0.3 is 0 Å². The summed E-state index contributed by atoms with van der Waals surface area (Å²) in [6.07, 6.45) is 8.15. The molecule has 0 amide bonds. The highest BCUT2D eigenvalue weighted by Crippen LogP contribution is 2.46. The summed E-state index contributed by atoms with van der Waals surface area (Å²) in [6, 6.07) is 2.08. The molecule has 26 heavy (non-hydrogen) atoms. The maximum absolute atomic E-state index is 12.3. The van der Waals surface area contributed by atoms with Crippen LogP contribution in [0, 0.1) is 17.8 Å². The Morgan fingerprint density at radius 2 is 2.04 bits per heavy atom. The van der Waals surface area contributed by atoms with Gasteiger partial charge < -0.3 is 9.84 Å². The van der Waals surface area contributed by atoms with Crippen molar-refractivity contribution < 1.29 is 14.6 Å². The maximum Gasteiger partial charge on any atom is 0.137 e. The maximum atomic E-state index is 12.3. The van der Waals surface area contributed by atoms with Gasteiger partial charge in [-0.25, -0.2) is 0 Å². The van der Waals surface area contributed by atoms with E-state index in [4.69, 9.17) is 9.72 Å². The molecule has 1 heterocycles. The topological polar surface area (TPSA) is 59.4 Å². The van der Waals surface area contributed by atoms with Gasteiger partial charge in [0.2, 0.25) is 0 Å². The third kappa shape index (κ3) is 4.64. The predicted molar refractivity (Wildman–Crippen MR) is 102 cm³/mol. The molecule has 0 radical (unpaired) electrons. The lowest BCUT2D eigenvalue weighted by atomic mass is 9.62. The Hall–Kier alpha value is -1.42. The van der Waals surface area contributed by atoms with Gasteiger partial charge in [-0.3, -0.25) is 9.78 Å². The van der Waals surface area contributed by atoms with Gasteiger partial charge in [-0.05, 0) is 67.9 Å². The van der Waals surface area contributed by atoms with Crippen molar-refractivity contribution in [2.45, 2.75) is 77.7 Å². The number of hydrogen-bond acceptors (Lipinski definition) is 4. The molecule has 1 fully saturated rings. The number of aliphatic hydroxyl groups is 1. The Morgan fingerprint density at radius 1 is 1.27 bits per heavy atom. The van der Waals surface area contributed by atoms with Gasteiger partial charge in [0.25, 0.3) is 0 Å². The van der Waals surface area contributed by atoms with Crippen LogP contribution in [-0.4, -0.2) is 28.1 Å². The molecule has 1 aromatic heterocycles. The van der Waals surface area contributed by atoms with Crippen LogP contribution in [0.15, 0.2) is 12.3 Å². The number of fused-ring (bicyclic) bond motifs is 1. The molecule has 0 bridgehead atoms. The van der Waals surface area contributed by atoms with E-state index in [0.29, 0.717) is 43.0 Å². The van der Waals surface area contributed by atoms with Crippen molar-refractivity contribution in [3.8, 4) is 5.75 Å². The number of aromatic nitrogens is 1. The first-order chi connectivity index (χ1) is 12.4. The summed E-state index contributed by atoms with van der Waals surface area (Å²) in [5.41, 5.74) is 1.78. The summed E-state index contributed by atoms with van der Waals surface area (Å²) in [6.45, 7) is 7.12. The molecule has 1 saturated carbocycles. The minimum atomic E-state index is -0.500. The molecule has 1 aromatic rings. The first-order valence-electron chi connectivity index (χ1n) is 10.2. The average Bonchev–Trinajstić information content (AvgIpc) is 2.56. The quantitative estimate of drug-likeness (QED) is 0.830. The number of carbonyl (C=O) groups is 1. The van der Waals surface area contributed by atoms with E-state index >= 15 is 0 Å². The van der Waals surface area contributed by atoms with Crippen LogP contribution in [0.25, 0.3) is 0 Å². The van der Waals surface area contributed by atoms with Crippen molar-refractivity contribution in [1.29, 1.82) is 0 Å². The van der Waals surface area contributed by atoms with Crippen LogP contribution >= 0.6 is 0 Å². The van der Waals surface area contributed by atoms with Crippen LogP contribution in [-0.2, 0) is 17.6 Å².